The van der Waals surface area contributed by atoms with Gasteiger partial charge in [-0.05, 0) is 44.0 Å². The zero-order valence-corrected chi connectivity index (χ0v) is 13.1. The lowest BCUT2D eigenvalue weighted by molar-refractivity contribution is -0.117. The van der Waals surface area contributed by atoms with Crippen molar-refractivity contribution >= 4 is 23.3 Å². The Hall–Kier alpha value is -1.85. The van der Waals surface area contributed by atoms with Gasteiger partial charge in [0.1, 0.15) is 5.76 Å². The van der Waals surface area contributed by atoms with Crippen LogP contribution in [0.1, 0.15) is 30.2 Å². The number of aryl methyl sites for hydroxylation is 1. The summed E-state index contributed by atoms with van der Waals surface area (Å²) in [6.45, 7) is 3.05. The number of halogens is 1. The van der Waals surface area contributed by atoms with E-state index in [0.717, 1.165) is 24.4 Å². The molecule has 6 heteroatoms. The predicted molar refractivity (Wildman–Crippen MR) is 84.9 cm³/mol. The highest BCUT2D eigenvalue weighted by atomic mass is 35.5. The number of nitrogens with one attached hydrogen (secondary N) is 1. The fraction of sp³-hybridized carbons (Fsp3) is 0.375. The van der Waals surface area contributed by atoms with Crippen LogP contribution in [0.4, 0.5) is 5.82 Å². The van der Waals surface area contributed by atoms with Crippen molar-refractivity contribution in [1.29, 1.82) is 0 Å². The molecule has 1 amide bonds. The zero-order chi connectivity index (χ0) is 15.5. The molecule has 0 saturated carbocycles. The van der Waals surface area contributed by atoms with E-state index in [9.17, 15) is 4.79 Å². The third-order valence-electron chi connectivity index (χ3n) is 3.86. The van der Waals surface area contributed by atoms with Gasteiger partial charge in [0.15, 0.2) is 5.82 Å². The van der Waals surface area contributed by atoms with Gasteiger partial charge < -0.3 is 9.84 Å². The number of rotatable bonds is 4. The van der Waals surface area contributed by atoms with E-state index in [1.54, 1.807) is 13.0 Å². The average molecular weight is 320 g/mol. The van der Waals surface area contributed by atoms with Crippen LogP contribution in [-0.4, -0.2) is 29.1 Å². The molecule has 116 valence electrons. The molecule has 22 heavy (non-hydrogen) atoms. The lowest BCUT2D eigenvalue weighted by atomic mass is 10.0. The molecule has 3 rings (SSSR count). The van der Waals surface area contributed by atoms with Crippen molar-refractivity contribution in [3.8, 4) is 0 Å². The maximum Gasteiger partial charge on any atom is 0.239 e. The molecule has 0 spiro atoms. The van der Waals surface area contributed by atoms with Crippen LogP contribution in [0.3, 0.4) is 0 Å². The lowest BCUT2D eigenvalue weighted by Crippen LogP contribution is -2.33. The smallest absolute Gasteiger partial charge is 0.239 e. The van der Waals surface area contributed by atoms with Gasteiger partial charge in [-0.25, -0.2) is 0 Å². The van der Waals surface area contributed by atoms with Crippen LogP contribution in [0.2, 0.25) is 5.02 Å². The highest BCUT2D eigenvalue weighted by molar-refractivity contribution is 6.30. The third kappa shape index (κ3) is 3.48. The molecule has 1 N–H and O–H groups in total. The maximum absolute atomic E-state index is 12.2. The Morgan fingerprint density at radius 1 is 1.45 bits per heavy atom. The van der Waals surface area contributed by atoms with Gasteiger partial charge in [0, 0.05) is 17.1 Å². The normalized spacial score (nSPS) is 18.5. The summed E-state index contributed by atoms with van der Waals surface area (Å²) in [6, 6.07) is 9.83. The molecule has 1 aromatic heterocycles. The zero-order valence-electron chi connectivity index (χ0n) is 12.4. The minimum atomic E-state index is -0.0748. The Labute approximate surface area is 134 Å². The van der Waals surface area contributed by atoms with Crippen molar-refractivity contribution in [2.45, 2.75) is 25.8 Å². The Morgan fingerprint density at radius 3 is 2.91 bits per heavy atom. The molecule has 0 bridgehead atoms. The van der Waals surface area contributed by atoms with E-state index < -0.39 is 0 Å². The molecule has 1 fully saturated rings. The standard InChI is InChI=1S/C16H18ClN3O2/c1-11-9-15(19-22-11)18-16(21)10-20-8-2-3-14(20)12-4-6-13(17)7-5-12/h4-7,9,14H,2-3,8,10H2,1H3,(H,18,19,21)/t14-/m0/s1. The number of anilines is 1. The van der Waals surface area contributed by atoms with E-state index in [1.165, 1.54) is 5.56 Å². The Kier molecular flexibility index (Phi) is 4.45. The molecular weight excluding hydrogens is 302 g/mol. The quantitative estimate of drug-likeness (QED) is 0.938. The van der Waals surface area contributed by atoms with Crippen molar-refractivity contribution in [3.63, 3.8) is 0 Å². The summed E-state index contributed by atoms with van der Waals surface area (Å²) in [6.07, 6.45) is 2.14. The van der Waals surface area contributed by atoms with Gasteiger partial charge in [0.2, 0.25) is 5.91 Å². The lowest BCUT2D eigenvalue weighted by Gasteiger charge is -2.24. The number of carbonyl (C=O) groups excluding carboxylic acids is 1. The summed E-state index contributed by atoms with van der Waals surface area (Å²) in [5.74, 6) is 1.06. The Morgan fingerprint density at radius 2 is 2.23 bits per heavy atom. The molecular formula is C16H18ClN3O2. The van der Waals surface area contributed by atoms with Gasteiger partial charge in [-0.3, -0.25) is 9.69 Å². The molecule has 2 aromatic rings. The minimum Gasteiger partial charge on any atom is -0.360 e. The molecule has 1 atom stereocenters. The minimum absolute atomic E-state index is 0.0748. The first-order valence-corrected chi connectivity index (χ1v) is 7.72. The summed E-state index contributed by atoms with van der Waals surface area (Å²) >= 11 is 5.94. The van der Waals surface area contributed by atoms with E-state index in [2.05, 4.69) is 15.4 Å². The molecule has 0 radical (unpaired) electrons. The summed E-state index contributed by atoms with van der Waals surface area (Å²) in [5.41, 5.74) is 1.20. The summed E-state index contributed by atoms with van der Waals surface area (Å²) in [7, 11) is 0. The molecule has 1 aliphatic rings. The van der Waals surface area contributed by atoms with Gasteiger partial charge in [0.25, 0.3) is 0 Å². The van der Waals surface area contributed by atoms with E-state index in [0.29, 0.717) is 18.1 Å². The van der Waals surface area contributed by atoms with Crippen LogP contribution < -0.4 is 5.32 Å². The number of hydrogen-bond donors (Lipinski definition) is 1. The van der Waals surface area contributed by atoms with Gasteiger partial charge in [0.05, 0.1) is 6.54 Å². The molecule has 1 saturated heterocycles. The van der Waals surface area contributed by atoms with E-state index in [1.807, 2.05) is 24.3 Å². The number of aromatic nitrogens is 1. The monoisotopic (exact) mass is 319 g/mol. The fourth-order valence-electron chi connectivity index (χ4n) is 2.87. The number of carbonyl (C=O) groups is 1. The van der Waals surface area contributed by atoms with Crippen LogP contribution >= 0.6 is 11.6 Å². The second-order valence-corrected chi connectivity index (χ2v) is 5.99. The highest BCUT2D eigenvalue weighted by Gasteiger charge is 2.27. The van der Waals surface area contributed by atoms with Crippen LogP contribution in [-0.2, 0) is 4.79 Å². The van der Waals surface area contributed by atoms with E-state index in [-0.39, 0.29) is 11.9 Å². The second-order valence-electron chi connectivity index (χ2n) is 5.55. The van der Waals surface area contributed by atoms with Crippen molar-refractivity contribution in [2.75, 3.05) is 18.4 Å². The van der Waals surface area contributed by atoms with E-state index >= 15 is 0 Å². The van der Waals surface area contributed by atoms with Crippen molar-refractivity contribution < 1.29 is 9.32 Å². The molecule has 1 aromatic carbocycles. The first-order chi connectivity index (χ1) is 10.6. The SMILES string of the molecule is Cc1cc(NC(=O)CN2CCC[C@H]2c2ccc(Cl)cc2)no1. The summed E-state index contributed by atoms with van der Waals surface area (Å²) < 4.78 is 4.95. The molecule has 0 unspecified atom stereocenters. The Bertz CT molecular complexity index is 654. The number of benzene rings is 1. The number of amides is 1. The topological polar surface area (TPSA) is 58.4 Å². The summed E-state index contributed by atoms with van der Waals surface area (Å²) in [5, 5.41) is 7.27. The average Bonchev–Trinajstić information content (AvgIpc) is 3.09. The maximum atomic E-state index is 12.2. The van der Waals surface area contributed by atoms with Gasteiger partial charge in [-0.15, -0.1) is 0 Å². The van der Waals surface area contributed by atoms with Crippen molar-refractivity contribution in [2.24, 2.45) is 0 Å². The van der Waals surface area contributed by atoms with Gasteiger partial charge in [-0.2, -0.15) is 0 Å². The van der Waals surface area contributed by atoms with Crippen molar-refractivity contribution in [1.82, 2.24) is 10.1 Å². The third-order valence-corrected chi connectivity index (χ3v) is 4.11. The number of likely N-dealkylation sites (tertiary alicyclic amines) is 1. The molecule has 1 aliphatic heterocycles. The van der Waals surface area contributed by atoms with Gasteiger partial charge >= 0.3 is 0 Å². The van der Waals surface area contributed by atoms with E-state index in [4.69, 9.17) is 16.1 Å². The molecule has 5 nitrogen and oxygen atoms in total. The van der Waals surface area contributed by atoms with Gasteiger partial charge in [-0.1, -0.05) is 28.9 Å². The van der Waals surface area contributed by atoms with Crippen LogP contribution in [0.5, 0.6) is 0 Å². The number of nitrogens with zero attached hydrogens (tertiary/aromatic N) is 2. The molecule has 2 heterocycles. The van der Waals surface area contributed by atoms with Crippen LogP contribution in [0.15, 0.2) is 34.9 Å². The highest BCUT2D eigenvalue weighted by Crippen LogP contribution is 2.32. The van der Waals surface area contributed by atoms with Crippen LogP contribution in [0.25, 0.3) is 0 Å². The first kappa shape index (κ1) is 15.1. The molecule has 0 aliphatic carbocycles. The van der Waals surface area contributed by atoms with Crippen LogP contribution in [0, 0.1) is 6.92 Å². The van der Waals surface area contributed by atoms with Crippen molar-refractivity contribution in [3.05, 3.63) is 46.7 Å². The summed E-state index contributed by atoms with van der Waals surface area (Å²) in [4.78, 5) is 14.3. The predicted octanol–water partition coefficient (Wildman–Crippen LogP) is 3.41. The second kappa shape index (κ2) is 6.50. The number of hydrogen-bond acceptors (Lipinski definition) is 4. The largest absolute Gasteiger partial charge is 0.360 e. The fourth-order valence-corrected chi connectivity index (χ4v) is 3.00. The Balaban J connectivity index is 1.63. The first-order valence-electron chi connectivity index (χ1n) is 7.34.